The molecule has 2 aromatic rings. The number of thiazole rings is 1. The molecule has 1 aromatic carbocycles. The predicted molar refractivity (Wildman–Crippen MR) is 102 cm³/mol. The molecule has 4 heteroatoms. The van der Waals surface area contributed by atoms with E-state index in [-0.39, 0.29) is 5.41 Å². The van der Waals surface area contributed by atoms with Crippen LogP contribution in [-0.2, 0) is 12.0 Å². The second kappa shape index (κ2) is 7.27. The molecule has 1 saturated heterocycles. The number of hydrogen-bond donors (Lipinski definition) is 0. The molecule has 1 aromatic heterocycles. The van der Waals surface area contributed by atoms with E-state index in [1.54, 1.807) is 0 Å². The number of rotatable bonds is 4. The lowest BCUT2D eigenvalue weighted by atomic mass is 9.74. The van der Waals surface area contributed by atoms with Crippen LogP contribution < -0.4 is 0 Å². The predicted octanol–water partition coefficient (Wildman–Crippen LogP) is 4.86. The fraction of sp³-hybridized carbons (Fsp3) is 0.524. The van der Waals surface area contributed by atoms with E-state index >= 15 is 0 Å². The van der Waals surface area contributed by atoms with Gasteiger partial charge >= 0.3 is 0 Å². The zero-order valence-corrected chi connectivity index (χ0v) is 15.5. The van der Waals surface area contributed by atoms with Crippen LogP contribution in [0.25, 0.3) is 0 Å². The average molecular weight is 352 g/mol. The van der Waals surface area contributed by atoms with Crippen LogP contribution in [0.15, 0.2) is 35.7 Å². The molecule has 0 bridgehead atoms. The van der Waals surface area contributed by atoms with E-state index in [1.165, 1.54) is 41.9 Å². The Morgan fingerprint density at radius 1 is 1.16 bits per heavy atom. The minimum absolute atomic E-state index is 0.311. The highest BCUT2D eigenvalue weighted by Gasteiger charge is 2.36. The number of piperidine rings is 1. The summed E-state index contributed by atoms with van der Waals surface area (Å²) in [7, 11) is 0. The van der Waals surface area contributed by atoms with Gasteiger partial charge in [0, 0.05) is 30.9 Å². The van der Waals surface area contributed by atoms with Gasteiger partial charge in [-0.05, 0) is 31.2 Å². The lowest BCUT2D eigenvalue weighted by molar-refractivity contribution is 0.177. The summed E-state index contributed by atoms with van der Waals surface area (Å²) in [5.41, 5.74) is 2.08. The third-order valence-corrected chi connectivity index (χ3v) is 6.97. The molecule has 0 amide bonds. The Bertz CT molecular complexity index is 732. The van der Waals surface area contributed by atoms with Gasteiger partial charge in [-0.25, -0.2) is 4.98 Å². The second-order valence-corrected chi connectivity index (χ2v) is 8.38. The highest BCUT2D eigenvalue weighted by molar-refractivity contribution is 7.09. The highest BCUT2D eigenvalue weighted by atomic mass is 32.1. The van der Waals surface area contributed by atoms with E-state index in [0.717, 1.165) is 32.5 Å². The van der Waals surface area contributed by atoms with Gasteiger partial charge in [0.2, 0.25) is 0 Å². The summed E-state index contributed by atoms with van der Waals surface area (Å²) in [4.78, 5) is 7.38. The zero-order chi connectivity index (χ0) is 17.1. The first-order valence-corrected chi connectivity index (χ1v) is 10.3. The first-order chi connectivity index (χ1) is 12.3. The topological polar surface area (TPSA) is 39.9 Å². The minimum atomic E-state index is -0.311. The zero-order valence-electron chi connectivity index (χ0n) is 14.7. The summed E-state index contributed by atoms with van der Waals surface area (Å²) in [5.74, 6) is 0.712. The monoisotopic (exact) mass is 351 g/mol. The first kappa shape index (κ1) is 16.8. The maximum absolute atomic E-state index is 9.82. The number of nitriles is 1. The van der Waals surface area contributed by atoms with Gasteiger partial charge in [-0.3, -0.25) is 4.90 Å². The number of hydrogen-bond acceptors (Lipinski definition) is 4. The number of likely N-dealkylation sites (tertiary alicyclic amines) is 1. The summed E-state index contributed by atoms with van der Waals surface area (Å²) >= 11 is 1.85. The molecule has 0 unspecified atom stereocenters. The van der Waals surface area contributed by atoms with Crippen molar-refractivity contribution in [2.24, 2.45) is 0 Å². The molecule has 2 aliphatic rings. The van der Waals surface area contributed by atoms with Gasteiger partial charge in [-0.1, -0.05) is 43.2 Å². The molecule has 0 N–H and O–H groups in total. The lowest BCUT2D eigenvalue weighted by Gasteiger charge is -2.37. The van der Waals surface area contributed by atoms with Crippen molar-refractivity contribution in [3.8, 4) is 6.07 Å². The van der Waals surface area contributed by atoms with Crippen LogP contribution in [0.2, 0.25) is 0 Å². The Kier molecular flexibility index (Phi) is 4.87. The summed E-state index contributed by atoms with van der Waals surface area (Å²) in [5, 5.41) is 13.4. The van der Waals surface area contributed by atoms with Gasteiger partial charge in [0.25, 0.3) is 0 Å². The number of benzene rings is 1. The van der Waals surface area contributed by atoms with E-state index in [9.17, 15) is 5.26 Å². The molecule has 1 aliphatic heterocycles. The van der Waals surface area contributed by atoms with Crippen LogP contribution in [0, 0.1) is 11.3 Å². The fourth-order valence-electron chi connectivity index (χ4n) is 4.30. The quantitative estimate of drug-likeness (QED) is 0.790. The molecule has 2 fully saturated rings. The molecule has 0 radical (unpaired) electrons. The highest BCUT2D eigenvalue weighted by Crippen LogP contribution is 2.37. The molecular formula is C21H25N3S. The maximum atomic E-state index is 9.82. The molecule has 3 nitrogen and oxygen atoms in total. The molecule has 4 rings (SSSR count). The Hall–Kier alpha value is -1.70. The molecule has 2 heterocycles. The third kappa shape index (κ3) is 3.49. The molecule has 1 saturated carbocycles. The number of aromatic nitrogens is 1. The van der Waals surface area contributed by atoms with Crippen molar-refractivity contribution >= 4 is 11.3 Å². The van der Waals surface area contributed by atoms with Crippen LogP contribution in [-0.4, -0.2) is 23.0 Å². The molecular weight excluding hydrogens is 326 g/mol. The summed E-state index contributed by atoms with van der Waals surface area (Å²) in [6.07, 6.45) is 7.18. The number of nitrogens with zero attached hydrogens (tertiary/aromatic N) is 3. The second-order valence-electron chi connectivity index (χ2n) is 7.49. The van der Waals surface area contributed by atoms with Gasteiger partial charge in [-0.2, -0.15) is 5.26 Å². The standard InChI is InChI=1S/C21H25N3S/c22-16-21(18-8-2-1-3-9-18)10-12-24(13-11-21)14-19-15-25-20(23-19)17-6-4-5-7-17/h1-3,8-9,15,17H,4-7,10-14H2. The van der Waals surface area contributed by atoms with Gasteiger partial charge in [0.15, 0.2) is 0 Å². The van der Waals surface area contributed by atoms with Crippen molar-refractivity contribution in [1.82, 2.24) is 9.88 Å². The van der Waals surface area contributed by atoms with Crippen LogP contribution in [0.5, 0.6) is 0 Å². The smallest absolute Gasteiger partial charge is 0.0959 e. The molecule has 25 heavy (non-hydrogen) atoms. The van der Waals surface area contributed by atoms with Crippen LogP contribution >= 0.6 is 11.3 Å². The SMILES string of the molecule is N#CC1(c2ccccc2)CCN(Cc2csc(C3CCCC3)n2)CC1. The fourth-order valence-corrected chi connectivity index (χ4v) is 5.28. The van der Waals surface area contributed by atoms with E-state index in [0.29, 0.717) is 5.92 Å². The van der Waals surface area contributed by atoms with Crippen molar-refractivity contribution in [3.05, 3.63) is 52.0 Å². The Balaban J connectivity index is 1.38. The maximum Gasteiger partial charge on any atom is 0.0959 e. The van der Waals surface area contributed by atoms with E-state index in [1.807, 2.05) is 29.5 Å². The summed E-state index contributed by atoms with van der Waals surface area (Å²) in [6, 6.07) is 12.9. The first-order valence-electron chi connectivity index (χ1n) is 9.42. The molecule has 1 aliphatic carbocycles. The van der Waals surface area contributed by atoms with E-state index in [2.05, 4.69) is 28.5 Å². The van der Waals surface area contributed by atoms with Crippen LogP contribution in [0.4, 0.5) is 0 Å². The van der Waals surface area contributed by atoms with Gasteiger partial charge in [0.05, 0.1) is 22.2 Å². The van der Waals surface area contributed by atoms with Crippen molar-refractivity contribution in [2.45, 2.75) is 56.4 Å². The summed E-state index contributed by atoms with van der Waals surface area (Å²) in [6.45, 7) is 2.87. The largest absolute Gasteiger partial charge is 0.297 e. The Morgan fingerprint density at radius 3 is 2.56 bits per heavy atom. The third-order valence-electron chi connectivity index (χ3n) is 5.91. The van der Waals surface area contributed by atoms with Gasteiger partial charge < -0.3 is 0 Å². The minimum Gasteiger partial charge on any atom is -0.297 e. The van der Waals surface area contributed by atoms with Crippen molar-refractivity contribution < 1.29 is 0 Å². The lowest BCUT2D eigenvalue weighted by Crippen LogP contribution is -2.41. The Labute approximate surface area is 154 Å². The molecule has 130 valence electrons. The van der Waals surface area contributed by atoms with Gasteiger partial charge in [-0.15, -0.1) is 11.3 Å². The van der Waals surface area contributed by atoms with Crippen molar-refractivity contribution in [2.75, 3.05) is 13.1 Å². The van der Waals surface area contributed by atoms with Crippen molar-refractivity contribution in [1.29, 1.82) is 5.26 Å². The normalized spacial score (nSPS) is 21.2. The summed E-state index contributed by atoms with van der Waals surface area (Å²) < 4.78 is 0. The molecule has 0 atom stereocenters. The van der Waals surface area contributed by atoms with Crippen LogP contribution in [0.3, 0.4) is 0 Å². The van der Waals surface area contributed by atoms with Crippen molar-refractivity contribution in [3.63, 3.8) is 0 Å². The van der Waals surface area contributed by atoms with Crippen LogP contribution in [0.1, 0.15) is 60.7 Å². The van der Waals surface area contributed by atoms with E-state index in [4.69, 9.17) is 4.98 Å². The average Bonchev–Trinajstić information content (AvgIpc) is 3.35. The Morgan fingerprint density at radius 2 is 1.88 bits per heavy atom. The van der Waals surface area contributed by atoms with Gasteiger partial charge in [0.1, 0.15) is 0 Å². The van der Waals surface area contributed by atoms with E-state index < -0.39 is 0 Å². The molecule has 0 spiro atoms.